The van der Waals surface area contributed by atoms with Gasteiger partial charge in [0.25, 0.3) is 5.91 Å². The lowest BCUT2D eigenvalue weighted by atomic mass is 10.2. The maximum absolute atomic E-state index is 13.2. The zero-order valence-corrected chi connectivity index (χ0v) is 13.5. The summed E-state index contributed by atoms with van der Waals surface area (Å²) in [7, 11) is 0. The average Bonchev–Trinajstić information content (AvgIpc) is 2.49. The predicted molar refractivity (Wildman–Crippen MR) is 84.9 cm³/mol. The number of hydrogen-bond donors (Lipinski definition) is 1. The van der Waals surface area contributed by atoms with Crippen molar-refractivity contribution in [1.82, 2.24) is 0 Å². The smallest absolute Gasteiger partial charge is 0.307 e. The van der Waals surface area contributed by atoms with Crippen LogP contribution < -0.4 is 5.32 Å². The standard InChI is InChI=1S/C14H17FN2O5S/c1-3-23-7-6-13(18)22-9(2)14(19)16-10-4-5-11(15)12(8-10)17(20)21/h4-5,8-9H,3,6-7H2,1-2H3,(H,16,19)/t9-/m0/s1. The third-order valence-corrected chi connectivity index (χ3v) is 3.64. The van der Waals surface area contributed by atoms with Crippen LogP contribution in [0, 0.1) is 15.9 Å². The molecule has 0 aliphatic carbocycles. The van der Waals surface area contributed by atoms with E-state index in [0.29, 0.717) is 5.75 Å². The molecule has 1 N–H and O–H groups in total. The molecule has 23 heavy (non-hydrogen) atoms. The van der Waals surface area contributed by atoms with Gasteiger partial charge < -0.3 is 10.1 Å². The number of nitro groups is 1. The summed E-state index contributed by atoms with van der Waals surface area (Å²) in [6.45, 7) is 3.35. The highest BCUT2D eigenvalue weighted by Crippen LogP contribution is 2.21. The van der Waals surface area contributed by atoms with Crippen molar-refractivity contribution in [3.05, 3.63) is 34.1 Å². The zero-order valence-electron chi connectivity index (χ0n) is 12.7. The molecule has 1 aromatic rings. The molecule has 7 nitrogen and oxygen atoms in total. The van der Waals surface area contributed by atoms with E-state index in [1.807, 2.05) is 6.92 Å². The highest BCUT2D eigenvalue weighted by molar-refractivity contribution is 7.99. The summed E-state index contributed by atoms with van der Waals surface area (Å²) in [5, 5.41) is 13.0. The molecule has 0 fully saturated rings. The number of benzene rings is 1. The lowest BCUT2D eigenvalue weighted by Gasteiger charge is -2.13. The first-order valence-electron chi connectivity index (χ1n) is 6.87. The number of halogens is 1. The molecule has 9 heteroatoms. The minimum absolute atomic E-state index is 0.0486. The van der Waals surface area contributed by atoms with Crippen LogP contribution in [0.5, 0.6) is 0 Å². The Labute approximate surface area is 136 Å². The van der Waals surface area contributed by atoms with Gasteiger partial charge in [-0.2, -0.15) is 16.2 Å². The van der Waals surface area contributed by atoms with Crippen LogP contribution in [0.4, 0.5) is 15.8 Å². The van der Waals surface area contributed by atoms with Crippen LogP contribution in [0.1, 0.15) is 20.3 Å². The third-order valence-electron chi connectivity index (χ3n) is 2.74. The first-order valence-corrected chi connectivity index (χ1v) is 8.02. The average molecular weight is 344 g/mol. The maximum Gasteiger partial charge on any atom is 0.307 e. The predicted octanol–water partition coefficient (Wildman–Crippen LogP) is 2.75. The number of hydrogen-bond acceptors (Lipinski definition) is 6. The Morgan fingerprint density at radius 2 is 2.17 bits per heavy atom. The van der Waals surface area contributed by atoms with Crippen LogP contribution in [-0.4, -0.2) is 34.4 Å². The van der Waals surface area contributed by atoms with Crippen molar-refractivity contribution >= 4 is 35.0 Å². The van der Waals surface area contributed by atoms with Gasteiger partial charge in [-0.3, -0.25) is 19.7 Å². The molecule has 0 radical (unpaired) electrons. The Bertz CT molecular complexity index is 597. The van der Waals surface area contributed by atoms with E-state index in [1.165, 1.54) is 13.0 Å². The number of nitrogens with zero attached hydrogens (tertiary/aromatic N) is 1. The van der Waals surface area contributed by atoms with Gasteiger partial charge in [-0.05, 0) is 24.8 Å². The minimum Gasteiger partial charge on any atom is -0.453 e. The SMILES string of the molecule is CCSCCC(=O)O[C@@H](C)C(=O)Nc1ccc(F)c([N+](=O)[O-])c1. The van der Waals surface area contributed by atoms with Crippen molar-refractivity contribution in [2.24, 2.45) is 0 Å². The van der Waals surface area contributed by atoms with E-state index in [1.54, 1.807) is 11.8 Å². The van der Waals surface area contributed by atoms with Gasteiger partial charge in [0.2, 0.25) is 5.82 Å². The first-order chi connectivity index (χ1) is 10.8. The quantitative estimate of drug-likeness (QED) is 0.337. The summed E-state index contributed by atoms with van der Waals surface area (Å²) in [5.74, 6) is -0.664. The number of esters is 1. The Morgan fingerprint density at radius 3 is 2.78 bits per heavy atom. The molecular weight excluding hydrogens is 327 g/mol. The summed E-state index contributed by atoms with van der Waals surface area (Å²) in [5.41, 5.74) is -0.698. The van der Waals surface area contributed by atoms with Crippen molar-refractivity contribution in [3.8, 4) is 0 Å². The molecule has 0 aliphatic rings. The van der Waals surface area contributed by atoms with Crippen LogP contribution in [0.15, 0.2) is 18.2 Å². The van der Waals surface area contributed by atoms with Crippen molar-refractivity contribution in [2.45, 2.75) is 26.4 Å². The Balaban J connectivity index is 2.60. The van der Waals surface area contributed by atoms with Gasteiger partial charge >= 0.3 is 11.7 Å². The number of carbonyl (C=O) groups excluding carboxylic acids is 2. The van der Waals surface area contributed by atoms with Gasteiger partial charge in [-0.1, -0.05) is 6.92 Å². The van der Waals surface area contributed by atoms with Gasteiger partial charge in [-0.15, -0.1) is 0 Å². The minimum atomic E-state index is -1.06. The number of nitrogens with one attached hydrogen (secondary N) is 1. The first kappa shape index (κ1) is 18.9. The van der Waals surface area contributed by atoms with Gasteiger partial charge in [0, 0.05) is 17.5 Å². The molecule has 0 bridgehead atoms. The second-order valence-corrected chi connectivity index (χ2v) is 5.89. The van der Waals surface area contributed by atoms with Crippen molar-refractivity contribution in [2.75, 3.05) is 16.8 Å². The summed E-state index contributed by atoms with van der Waals surface area (Å²) in [6.07, 6.45) is -0.865. The fourth-order valence-corrected chi connectivity index (χ4v) is 2.18. The third kappa shape index (κ3) is 6.23. The van der Waals surface area contributed by atoms with Crippen LogP contribution in [0.25, 0.3) is 0 Å². The highest BCUT2D eigenvalue weighted by atomic mass is 32.2. The zero-order chi connectivity index (χ0) is 17.4. The van der Waals surface area contributed by atoms with E-state index in [2.05, 4.69) is 5.32 Å². The van der Waals surface area contributed by atoms with Gasteiger partial charge in [0.05, 0.1) is 11.3 Å². The monoisotopic (exact) mass is 344 g/mol. The lowest BCUT2D eigenvalue weighted by Crippen LogP contribution is -2.30. The Kier molecular flexibility index (Phi) is 7.46. The largest absolute Gasteiger partial charge is 0.453 e. The molecule has 0 saturated carbocycles. The molecule has 1 rings (SSSR count). The van der Waals surface area contributed by atoms with Gasteiger partial charge in [0.15, 0.2) is 6.10 Å². The van der Waals surface area contributed by atoms with E-state index in [-0.39, 0.29) is 12.1 Å². The van der Waals surface area contributed by atoms with Crippen LogP contribution in [0.2, 0.25) is 0 Å². The number of thioether (sulfide) groups is 1. The second kappa shape index (κ2) is 9.09. The van der Waals surface area contributed by atoms with E-state index < -0.39 is 34.4 Å². The number of carbonyl (C=O) groups is 2. The number of anilines is 1. The number of ether oxygens (including phenoxy) is 1. The topological polar surface area (TPSA) is 98.5 Å². The summed E-state index contributed by atoms with van der Waals surface area (Å²) in [4.78, 5) is 33.2. The lowest BCUT2D eigenvalue weighted by molar-refractivity contribution is -0.387. The van der Waals surface area contributed by atoms with E-state index in [0.717, 1.165) is 17.9 Å². The molecular formula is C14H17FN2O5S. The van der Waals surface area contributed by atoms with E-state index in [9.17, 15) is 24.1 Å². The molecule has 1 atom stereocenters. The van der Waals surface area contributed by atoms with Gasteiger partial charge in [0.1, 0.15) is 0 Å². The van der Waals surface area contributed by atoms with Crippen molar-refractivity contribution in [3.63, 3.8) is 0 Å². The number of rotatable bonds is 8. The number of amides is 1. The van der Waals surface area contributed by atoms with Crippen LogP contribution >= 0.6 is 11.8 Å². The normalized spacial score (nSPS) is 11.6. The molecule has 126 valence electrons. The van der Waals surface area contributed by atoms with Crippen molar-refractivity contribution < 1.29 is 23.6 Å². The Hall–Kier alpha value is -2.16. The van der Waals surface area contributed by atoms with E-state index >= 15 is 0 Å². The second-order valence-electron chi connectivity index (χ2n) is 4.49. The molecule has 0 aromatic heterocycles. The molecule has 0 saturated heterocycles. The highest BCUT2D eigenvalue weighted by Gasteiger charge is 2.20. The number of nitro benzene ring substituents is 1. The van der Waals surface area contributed by atoms with Crippen LogP contribution in [0.3, 0.4) is 0 Å². The van der Waals surface area contributed by atoms with E-state index in [4.69, 9.17) is 4.74 Å². The summed E-state index contributed by atoms with van der Waals surface area (Å²) >= 11 is 1.58. The van der Waals surface area contributed by atoms with Gasteiger partial charge in [-0.25, -0.2) is 0 Å². The maximum atomic E-state index is 13.2. The molecule has 0 unspecified atom stereocenters. The van der Waals surface area contributed by atoms with Crippen LogP contribution in [-0.2, 0) is 14.3 Å². The molecule has 1 aromatic carbocycles. The Morgan fingerprint density at radius 1 is 1.48 bits per heavy atom. The molecule has 0 heterocycles. The molecule has 1 amide bonds. The molecule has 0 spiro atoms. The fourth-order valence-electron chi connectivity index (χ4n) is 1.58. The molecule has 0 aliphatic heterocycles. The fraction of sp³-hybridized carbons (Fsp3) is 0.429. The summed E-state index contributed by atoms with van der Waals surface area (Å²) in [6, 6.07) is 2.97. The summed E-state index contributed by atoms with van der Waals surface area (Å²) < 4.78 is 18.2. The van der Waals surface area contributed by atoms with Crippen molar-refractivity contribution in [1.29, 1.82) is 0 Å².